The predicted molar refractivity (Wildman–Crippen MR) is 81.5 cm³/mol. The number of nitrogens with two attached hydrogens (primary N) is 1. The van der Waals surface area contributed by atoms with Crippen molar-refractivity contribution in [3.63, 3.8) is 0 Å². The Hall–Kier alpha value is -2.53. The minimum absolute atomic E-state index is 0.134. The molecule has 0 unspecified atom stereocenters. The fourth-order valence-electron chi connectivity index (χ4n) is 2.07. The fraction of sp³-hybridized carbons (Fsp3) is 0.188. The molecule has 21 heavy (non-hydrogen) atoms. The smallest absolute Gasteiger partial charge is 0.263 e. The summed E-state index contributed by atoms with van der Waals surface area (Å²) in [6.07, 6.45) is 1.71. The van der Waals surface area contributed by atoms with Crippen LogP contribution in [-0.4, -0.2) is 22.7 Å². The minimum atomic E-state index is -0.554. The number of aromatic hydroxyl groups is 2. The highest BCUT2D eigenvalue weighted by Crippen LogP contribution is 2.27. The van der Waals surface area contributed by atoms with Crippen LogP contribution in [0.2, 0.25) is 0 Å². The highest BCUT2D eigenvalue weighted by Gasteiger charge is 2.16. The molecule has 0 spiro atoms. The van der Waals surface area contributed by atoms with E-state index in [2.05, 4.69) is 5.32 Å². The highest BCUT2D eigenvalue weighted by atomic mass is 16.3. The van der Waals surface area contributed by atoms with E-state index in [0.29, 0.717) is 12.2 Å². The van der Waals surface area contributed by atoms with E-state index in [9.17, 15) is 15.0 Å². The lowest BCUT2D eigenvalue weighted by atomic mass is 10.1. The number of anilines is 1. The van der Waals surface area contributed by atoms with Crippen LogP contribution in [-0.2, 0) is 6.42 Å². The lowest BCUT2D eigenvalue weighted by Gasteiger charge is -2.09. The number of phenolic OH excluding ortho intramolecular Hbond substituents is 2. The van der Waals surface area contributed by atoms with Gasteiger partial charge in [-0.05, 0) is 49.2 Å². The zero-order valence-electron chi connectivity index (χ0n) is 11.5. The van der Waals surface area contributed by atoms with E-state index in [0.717, 1.165) is 18.4 Å². The van der Waals surface area contributed by atoms with E-state index in [1.54, 1.807) is 6.07 Å². The molecule has 0 saturated heterocycles. The number of carbonyl (C=O) groups is 1. The SMILES string of the molecule is NCCCc1cccc(NC(=O)c2c(O)cccc2O)c1. The lowest BCUT2D eigenvalue weighted by Crippen LogP contribution is -2.12. The second kappa shape index (κ2) is 6.76. The van der Waals surface area contributed by atoms with Crippen LogP contribution < -0.4 is 11.1 Å². The molecule has 0 aliphatic heterocycles. The molecule has 0 aromatic heterocycles. The number of carbonyl (C=O) groups excluding carboxylic acids is 1. The van der Waals surface area contributed by atoms with Gasteiger partial charge in [-0.25, -0.2) is 0 Å². The molecule has 110 valence electrons. The van der Waals surface area contributed by atoms with Crippen LogP contribution in [0.1, 0.15) is 22.3 Å². The molecule has 0 heterocycles. The summed E-state index contributed by atoms with van der Waals surface area (Å²) in [6.45, 7) is 0.613. The fourth-order valence-corrected chi connectivity index (χ4v) is 2.07. The van der Waals surface area contributed by atoms with Gasteiger partial charge in [0, 0.05) is 5.69 Å². The second-order valence-corrected chi connectivity index (χ2v) is 4.72. The normalized spacial score (nSPS) is 10.3. The number of hydrogen-bond donors (Lipinski definition) is 4. The van der Waals surface area contributed by atoms with Crippen LogP contribution >= 0.6 is 0 Å². The maximum atomic E-state index is 12.1. The monoisotopic (exact) mass is 286 g/mol. The molecular weight excluding hydrogens is 268 g/mol. The number of phenols is 2. The predicted octanol–water partition coefficient (Wildman–Crippen LogP) is 2.24. The van der Waals surface area contributed by atoms with E-state index in [4.69, 9.17) is 5.73 Å². The summed E-state index contributed by atoms with van der Waals surface area (Å²) < 4.78 is 0. The number of amides is 1. The molecule has 0 fully saturated rings. The number of aryl methyl sites for hydroxylation is 1. The number of nitrogens with one attached hydrogen (secondary N) is 1. The van der Waals surface area contributed by atoms with Gasteiger partial charge in [-0.15, -0.1) is 0 Å². The highest BCUT2D eigenvalue weighted by molar-refractivity contribution is 6.08. The van der Waals surface area contributed by atoms with Gasteiger partial charge in [0.25, 0.3) is 5.91 Å². The summed E-state index contributed by atoms with van der Waals surface area (Å²) in [4.78, 5) is 12.1. The zero-order valence-corrected chi connectivity index (χ0v) is 11.5. The maximum absolute atomic E-state index is 12.1. The van der Waals surface area contributed by atoms with Crippen molar-refractivity contribution >= 4 is 11.6 Å². The Balaban J connectivity index is 2.16. The Morgan fingerprint density at radius 2 is 1.76 bits per heavy atom. The first-order valence-corrected chi connectivity index (χ1v) is 6.73. The second-order valence-electron chi connectivity index (χ2n) is 4.72. The van der Waals surface area contributed by atoms with Crippen molar-refractivity contribution in [2.45, 2.75) is 12.8 Å². The summed E-state index contributed by atoms with van der Waals surface area (Å²) in [6, 6.07) is 11.6. The van der Waals surface area contributed by atoms with Gasteiger partial charge in [0.1, 0.15) is 17.1 Å². The summed E-state index contributed by atoms with van der Waals surface area (Å²) >= 11 is 0. The molecule has 0 radical (unpaired) electrons. The molecule has 0 bridgehead atoms. The third kappa shape index (κ3) is 3.73. The van der Waals surface area contributed by atoms with E-state index >= 15 is 0 Å². The molecule has 0 atom stereocenters. The number of benzene rings is 2. The molecule has 2 aromatic rings. The van der Waals surface area contributed by atoms with Crippen molar-refractivity contribution < 1.29 is 15.0 Å². The average Bonchev–Trinajstić information content (AvgIpc) is 2.45. The lowest BCUT2D eigenvalue weighted by molar-refractivity contribution is 0.102. The topological polar surface area (TPSA) is 95.6 Å². The van der Waals surface area contributed by atoms with E-state index in [1.807, 2.05) is 18.2 Å². The van der Waals surface area contributed by atoms with Crippen molar-refractivity contribution in [3.05, 3.63) is 53.6 Å². The van der Waals surface area contributed by atoms with Gasteiger partial charge >= 0.3 is 0 Å². The summed E-state index contributed by atoms with van der Waals surface area (Å²) in [5, 5.41) is 22.0. The first-order valence-electron chi connectivity index (χ1n) is 6.73. The van der Waals surface area contributed by atoms with Gasteiger partial charge < -0.3 is 21.3 Å². The number of rotatable bonds is 5. The summed E-state index contributed by atoms with van der Waals surface area (Å²) in [7, 11) is 0. The molecule has 2 aromatic carbocycles. The Bertz CT molecular complexity index is 621. The van der Waals surface area contributed by atoms with Crippen molar-refractivity contribution in [3.8, 4) is 11.5 Å². The molecule has 1 amide bonds. The molecule has 5 N–H and O–H groups in total. The van der Waals surface area contributed by atoms with Gasteiger partial charge in [0.05, 0.1) is 0 Å². The van der Waals surface area contributed by atoms with Gasteiger partial charge in [0.15, 0.2) is 0 Å². The van der Waals surface area contributed by atoms with Crippen molar-refractivity contribution in [1.29, 1.82) is 0 Å². The number of hydrogen-bond acceptors (Lipinski definition) is 4. The average molecular weight is 286 g/mol. The largest absolute Gasteiger partial charge is 0.507 e. The van der Waals surface area contributed by atoms with Crippen LogP contribution in [0.15, 0.2) is 42.5 Å². The quantitative estimate of drug-likeness (QED) is 0.678. The minimum Gasteiger partial charge on any atom is -0.507 e. The van der Waals surface area contributed by atoms with E-state index in [-0.39, 0.29) is 17.1 Å². The molecule has 5 nitrogen and oxygen atoms in total. The first-order chi connectivity index (χ1) is 10.1. The molecule has 0 saturated carbocycles. The first kappa shape index (κ1) is 14.9. The van der Waals surface area contributed by atoms with Gasteiger partial charge in [-0.3, -0.25) is 4.79 Å². The Morgan fingerprint density at radius 1 is 1.10 bits per heavy atom. The Morgan fingerprint density at radius 3 is 2.43 bits per heavy atom. The Labute approximate surface area is 123 Å². The summed E-state index contributed by atoms with van der Waals surface area (Å²) in [5.74, 6) is -1.07. The molecule has 2 rings (SSSR count). The van der Waals surface area contributed by atoms with Crippen LogP contribution in [0, 0.1) is 0 Å². The van der Waals surface area contributed by atoms with Gasteiger partial charge in [-0.1, -0.05) is 18.2 Å². The van der Waals surface area contributed by atoms with Crippen LogP contribution in [0.5, 0.6) is 11.5 Å². The van der Waals surface area contributed by atoms with Gasteiger partial charge in [-0.2, -0.15) is 0 Å². The van der Waals surface area contributed by atoms with Gasteiger partial charge in [0.2, 0.25) is 0 Å². The Kier molecular flexibility index (Phi) is 4.79. The molecule has 5 heteroatoms. The molecule has 0 aliphatic rings. The molecular formula is C16H18N2O3. The van der Waals surface area contributed by atoms with E-state index in [1.165, 1.54) is 18.2 Å². The van der Waals surface area contributed by atoms with Crippen LogP contribution in [0.4, 0.5) is 5.69 Å². The maximum Gasteiger partial charge on any atom is 0.263 e. The van der Waals surface area contributed by atoms with Crippen molar-refractivity contribution in [2.24, 2.45) is 5.73 Å². The third-order valence-corrected chi connectivity index (χ3v) is 3.10. The molecule has 0 aliphatic carbocycles. The van der Waals surface area contributed by atoms with Crippen molar-refractivity contribution in [1.82, 2.24) is 0 Å². The van der Waals surface area contributed by atoms with E-state index < -0.39 is 5.91 Å². The summed E-state index contributed by atoms with van der Waals surface area (Å²) in [5.41, 5.74) is 7.02. The van der Waals surface area contributed by atoms with Crippen LogP contribution in [0.25, 0.3) is 0 Å². The van der Waals surface area contributed by atoms with Crippen molar-refractivity contribution in [2.75, 3.05) is 11.9 Å². The standard InChI is InChI=1S/C16H18N2O3/c17-9-3-5-11-4-1-6-12(10-11)18-16(21)15-13(19)7-2-8-14(15)20/h1-2,4,6-8,10,19-20H,3,5,9,17H2,(H,18,21). The third-order valence-electron chi connectivity index (χ3n) is 3.10. The zero-order chi connectivity index (χ0) is 15.2. The van der Waals surface area contributed by atoms with Crippen LogP contribution in [0.3, 0.4) is 0 Å².